The van der Waals surface area contributed by atoms with Gasteiger partial charge in [-0.2, -0.15) is 0 Å². The Hall–Kier alpha value is -2.61. The maximum absolute atomic E-state index is 12.4. The second-order valence-corrected chi connectivity index (χ2v) is 7.25. The zero-order valence-electron chi connectivity index (χ0n) is 15.4. The molecule has 0 saturated carbocycles. The molecular formula is C19H22N2O5S. The third kappa shape index (κ3) is 4.21. The van der Waals surface area contributed by atoms with Crippen molar-refractivity contribution in [3.63, 3.8) is 0 Å². The fraction of sp³-hybridized carbons (Fsp3) is 0.421. The molecule has 1 saturated heterocycles. The molecule has 0 radical (unpaired) electrons. The van der Waals surface area contributed by atoms with Crippen molar-refractivity contribution in [2.24, 2.45) is 0 Å². The third-order valence-corrected chi connectivity index (χ3v) is 5.77. The molecule has 1 aliphatic heterocycles. The van der Waals surface area contributed by atoms with E-state index in [2.05, 4.69) is 0 Å². The normalized spacial score (nSPS) is 14.3. The summed E-state index contributed by atoms with van der Waals surface area (Å²) in [7, 11) is 0. The minimum Gasteiger partial charge on any atom is -0.451 e. The van der Waals surface area contributed by atoms with Crippen LogP contribution in [0.5, 0.6) is 0 Å². The van der Waals surface area contributed by atoms with Crippen LogP contribution in [0, 0.1) is 6.92 Å². The Kier molecular flexibility index (Phi) is 5.95. The maximum Gasteiger partial charge on any atom is 0.409 e. The summed E-state index contributed by atoms with van der Waals surface area (Å²) in [6, 6.07) is 7.77. The molecule has 8 heteroatoms. The molecule has 0 N–H and O–H groups in total. The van der Waals surface area contributed by atoms with E-state index in [4.69, 9.17) is 9.47 Å². The standard InChI is InChI=1S/C19H22N2O5S/c1-3-25-19(24)21-10-8-20(9-11-21)16(22)12-26-18(23)17-13(2)14-6-4-5-7-15(14)27-17/h4-7H,3,8-12H2,1-2H3. The lowest BCUT2D eigenvalue weighted by Gasteiger charge is -2.33. The molecule has 0 bridgehead atoms. The number of ether oxygens (including phenoxy) is 2. The molecule has 2 aromatic rings. The molecule has 0 aliphatic carbocycles. The number of piperazine rings is 1. The number of nitrogens with zero attached hydrogens (tertiary/aromatic N) is 2. The number of carbonyl (C=O) groups excluding carboxylic acids is 3. The van der Waals surface area contributed by atoms with E-state index in [-0.39, 0.29) is 18.6 Å². The molecule has 1 fully saturated rings. The van der Waals surface area contributed by atoms with Crippen molar-refractivity contribution in [2.75, 3.05) is 39.4 Å². The van der Waals surface area contributed by atoms with E-state index in [1.165, 1.54) is 11.3 Å². The first kappa shape index (κ1) is 19.2. The fourth-order valence-electron chi connectivity index (χ4n) is 3.01. The van der Waals surface area contributed by atoms with Gasteiger partial charge in [0, 0.05) is 30.9 Å². The predicted octanol–water partition coefficient (Wildman–Crippen LogP) is 2.67. The van der Waals surface area contributed by atoms with Crippen LogP contribution in [-0.2, 0) is 14.3 Å². The van der Waals surface area contributed by atoms with Crippen LogP contribution < -0.4 is 0 Å². The smallest absolute Gasteiger partial charge is 0.409 e. The van der Waals surface area contributed by atoms with Crippen LogP contribution in [0.1, 0.15) is 22.2 Å². The Labute approximate surface area is 161 Å². The van der Waals surface area contributed by atoms with Gasteiger partial charge in [0.2, 0.25) is 0 Å². The second-order valence-electron chi connectivity index (χ2n) is 6.20. The number of esters is 1. The average molecular weight is 390 g/mol. The van der Waals surface area contributed by atoms with Gasteiger partial charge < -0.3 is 19.3 Å². The van der Waals surface area contributed by atoms with Gasteiger partial charge in [-0.05, 0) is 30.9 Å². The summed E-state index contributed by atoms with van der Waals surface area (Å²) in [6.45, 7) is 5.28. The number of amides is 2. The summed E-state index contributed by atoms with van der Waals surface area (Å²) < 4.78 is 11.2. The van der Waals surface area contributed by atoms with Crippen molar-refractivity contribution in [3.05, 3.63) is 34.7 Å². The topological polar surface area (TPSA) is 76.2 Å². The van der Waals surface area contributed by atoms with Gasteiger partial charge in [0.1, 0.15) is 4.88 Å². The minimum atomic E-state index is -0.479. The summed E-state index contributed by atoms with van der Waals surface area (Å²) in [5, 5.41) is 1.02. The summed E-state index contributed by atoms with van der Waals surface area (Å²) in [5.41, 5.74) is 0.871. The molecule has 1 aromatic carbocycles. The van der Waals surface area contributed by atoms with Gasteiger partial charge >= 0.3 is 12.1 Å². The molecule has 3 rings (SSSR count). The number of carbonyl (C=O) groups is 3. The number of fused-ring (bicyclic) bond motifs is 1. The molecule has 2 heterocycles. The van der Waals surface area contributed by atoms with Crippen molar-refractivity contribution >= 4 is 39.4 Å². The fourth-order valence-corrected chi connectivity index (χ4v) is 4.11. The van der Waals surface area contributed by atoms with Gasteiger partial charge in [0.05, 0.1) is 6.61 Å². The maximum atomic E-state index is 12.4. The van der Waals surface area contributed by atoms with E-state index >= 15 is 0 Å². The zero-order chi connectivity index (χ0) is 19.4. The largest absolute Gasteiger partial charge is 0.451 e. The van der Waals surface area contributed by atoms with Gasteiger partial charge in [-0.1, -0.05) is 18.2 Å². The molecule has 144 valence electrons. The van der Waals surface area contributed by atoms with Crippen LogP contribution in [0.2, 0.25) is 0 Å². The summed E-state index contributed by atoms with van der Waals surface area (Å²) in [6.07, 6.45) is -0.365. The second kappa shape index (κ2) is 8.39. The van der Waals surface area contributed by atoms with Gasteiger partial charge in [0.15, 0.2) is 6.61 Å². The highest BCUT2D eigenvalue weighted by molar-refractivity contribution is 7.21. The minimum absolute atomic E-state index is 0.259. The quantitative estimate of drug-likeness (QED) is 0.750. The Balaban J connectivity index is 1.52. The van der Waals surface area contributed by atoms with Gasteiger partial charge in [0.25, 0.3) is 5.91 Å². The summed E-state index contributed by atoms with van der Waals surface area (Å²) in [4.78, 5) is 40.1. The van der Waals surface area contributed by atoms with Crippen molar-refractivity contribution in [1.82, 2.24) is 9.80 Å². The van der Waals surface area contributed by atoms with Crippen LogP contribution in [0.15, 0.2) is 24.3 Å². The number of aryl methyl sites for hydroxylation is 1. The van der Waals surface area contributed by atoms with E-state index in [9.17, 15) is 14.4 Å². The first-order chi connectivity index (χ1) is 13.0. The van der Waals surface area contributed by atoms with Crippen LogP contribution in [0.25, 0.3) is 10.1 Å². The van der Waals surface area contributed by atoms with Crippen molar-refractivity contribution in [3.8, 4) is 0 Å². The lowest BCUT2D eigenvalue weighted by Crippen LogP contribution is -2.51. The lowest BCUT2D eigenvalue weighted by atomic mass is 10.1. The van der Waals surface area contributed by atoms with Crippen molar-refractivity contribution in [2.45, 2.75) is 13.8 Å². The molecule has 27 heavy (non-hydrogen) atoms. The monoisotopic (exact) mass is 390 g/mol. The third-order valence-electron chi connectivity index (χ3n) is 4.51. The average Bonchev–Trinajstić information content (AvgIpc) is 3.03. The van der Waals surface area contributed by atoms with Crippen LogP contribution >= 0.6 is 11.3 Å². The van der Waals surface area contributed by atoms with E-state index in [0.717, 1.165) is 15.6 Å². The Morgan fingerprint density at radius 1 is 1.04 bits per heavy atom. The number of hydrogen-bond acceptors (Lipinski definition) is 6. The van der Waals surface area contributed by atoms with Gasteiger partial charge in [-0.25, -0.2) is 9.59 Å². The zero-order valence-corrected chi connectivity index (χ0v) is 16.2. The van der Waals surface area contributed by atoms with Crippen LogP contribution in [0.4, 0.5) is 4.79 Å². The summed E-state index contributed by atoms with van der Waals surface area (Å²) >= 11 is 1.37. The van der Waals surface area contributed by atoms with Crippen molar-refractivity contribution < 1.29 is 23.9 Å². The number of rotatable bonds is 4. The first-order valence-corrected chi connectivity index (χ1v) is 9.67. The number of hydrogen-bond donors (Lipinski definition) is 0. The van der Waals surface area contributed by atoms with Crippen LogP contribution in [0.3, 0.4) is 0 Å². The van der Waals surface area contributed by atoms with E-state index in [0.29, 0.717) is 37.7 Å². The highest BCUT2D eigenvalue weighted by atomic mass is 32.1. The molecule has 1 aliphatic rings. The Morgan fingerprint density at radius 2 is 1.70 bits per heavy atom. The predicted molar refractivity (Wildman–Crippen MR) is 102 cm³/mol. The molecule has 0 unspecified atom stereocenters. The van der Waals surface area contributed by atoms with E-state index in [1.807, 2.05) is 31.2 Å². The Morgan fingerprint density at radius 3 is 2.37 bits per heavy atom. The molecule has 7 nitrogen and oxygen atoms in total. The molecule has 2 amide bonds. The van der Waals surface area contributed by atoms with Gasteiger partial charge in [-0.3, -0.25) is 4.79 Å². The lowest BCUT2D eigenvalue weighted by molar-refractivity contribution is -0.136. The van der Waals surface area contributed by atoms with Crippen LogP contribution in [-0.4, -0.2) is 67.2 Å². The summed E-state index contributed by atoms with van der Waals surface area (Å²) in [5.74, 6) is -0.738. The van der Waals surface area contributed by atoms with E-state index < -0.39 is 5.97 Å². The first-order valence-electron chi connectivity index (χ1n) is 8.86. The molecular weight excluding hydrogens is 368 g/mol. The molecule has 0 spiro atoms. The SMILES string of the molecule is CCOC(=O)N1CCN(C(=O)COC(=O)c2sc3ccccc3c2C)CC1. The highest BCUT2D eigenvalue weighted by Gasteiger charge is 2.26. The van der Waals surface area contributed by atoms with Crippen molar-refractivity contribution in [1.29, 1.82) is 0 Å². The highest BCUT2D eigenvalue weighted by Crippen LogP contribution is 2.30. The van der Waals surface area contributed by atoms with Gasteiger partial charge in [-0.15, -0.1) is 11.3 Å². The van der Waals surface area contributed by atoms with E-state index in [1.54, 1.807) is 16.7 Å². The number of thiophene rings is 1. The molecule has 1 aromatic heterocycles. The Bertz CT molecular complexity index is 855. The molecule has 0 atom stereocenters. The number of benzene rings is 1.